The summed E-state index contributed by atoms with van der Waals surface area (Å²) in [7, 11) is 0. The molecular formula is C13H11FN2O. The number of nitrogens with zero attached hydrogens (tertiary/aromatic N) is 1. The smallest absolute Gasteiger partial charge is 0.221 e. The van der Waals surface area contributed by atoms with E-state index < -0.39 is 5.91 Å². The lowest BCUT2D eigenvalue weighted by molar-refractivity contribution is -0.117. The molecule has 0 radical (unpaired) electrons. The first-order valence-electron chi connectivity index (χ1n) is 5.14. The quantitative estimate of drug-likeness (QED) is 0.875. The minimum absolute atomic E-state index is 0.0756. The molecule has 17 heavy (non-hydrogen) atoms. The minimum atomic E-state index is -0.450. The Morgan fingerprint density at radius 1 is 1.24 bits per heavy atom. The minimum Gasteiger partial charge on any atom is -0.369 e. The molecule has 0 saturated heterocycles. The molecule has 0 aliphatic carbocycles. The molecule has 86 valence electrons. The van der Waals surface area contributed by atoms with E-state index in [1.807, 2.05) is 0 Å². The SMILES string of the molecule is NC(=O)Cc1ccncc1-c1ccccc1F. The Bertz CT molecular complexity index is 555. The van der Waals surface area contributed by atoms with Gasteiger partial charge in [-0.15, -0.1) is 0 Å². The van der Waals surface area contributed by atoms with Crippen molar-refractivity contribution in [2.45, 2.75) is 6.42 Å². The molecule has 1 heterocycles. The zero-order valence-corrected chi connectivity index (χ0v) is 9.06. The zero-order chi connectivity index (χ0) is 12.3. The average molecular weight is 230 g/mol. The van der Waals surface area contributed by atoms with Gasteiger partial charge in [0, 0.05) is 23.5 Å². The Labute approximate surface area is 98.1 Å². The number of rotatable bonds is 3. The second-order valence-electron chi connectivity index (χ2n) is 3.66. The molecular weight excluding hydrogens is 219 g/mol. The Morgan fingerprint density at radius 3 is 2.71 bits per heavy atom. The summed E-state index contributed by atoms with van der Waals surface area (Å²) >= 11 is 0. The van der Waals surface area contributed by atoms with E-state index >= 15 is 0 Å². The van der Waals surface area contributed by atoms with Gasteiger partial charge in [-0.1, -0.05) is 18.2 Å². The van der Waals surface area contributed by atoms with Crippen LogP contribution in [0.4, 0.5) is 4.39 Å². The lowest BCUT2D eigenvalue weighted by Gasteiger charge is -2.08. The van der Waals surface area contributed by atoms with Crippen molar-refractivity contribution in [3.8, 4) is 11.1 Å². The van der Waals surface area contributed by atoms with Crippen LogP contribution in [0, 0.1) is 5.82 Å². The molecule has 2 N–H and O–H groups in total. The molecule has 0 aliphatic rings. The maximum absolute atomic E-state index is 13.6. The number of primary amides is 1. The number of pyridine rings is 1. The van der Waals surface area contributed by atoms with E-state index in [1.54, 1.807) is 30.5 Å². The Hall–Kier alpha value is -2.23. The van der Waals surface area contributed by atoms with Crippen LogP contribution < -0.4 is 5.73 Å². The molecule has 0 unspecified atom stereocenters. The molecule has 1 aromatic carbocycles. The summed E-state index contributed by atoms with van der Waals surface area (Å²) in [6.45, 7) is 0. The fourth-order valence-corrected chi connectivity index (χ4v) is 1.69. The number of nitrogens with two attached hydrogens (primary N) is 1. The highest BCUT2D eigenvalue weighted by Crippen LogP contribution is 2.25. The second-order valence-corrected chi connectivity index (χ2v) is 3.66. The van der Waals surface area contributed by atoms with Crippen molar-refractivity contribution in [3.63, 3.8) is 0 Å². The van der Waals surface area contributed by atoms with Crippen LogP contribution in [0.1, 0.15) is 5.56 Å². The maximum atomic E-state index is 13.6. The van der Waals surface area contributed by atoms with E-state index in [1.165, 1.54) is 12.3 Å². The van der Waals surface area contributed by atoms with Crippen molar-refractivity contribution in [2.75, 3.05) is 0 Å². The summed E-state index contributed by atoms with van der Waals surface area (Å²) in [4.78, 5) is 14.9. The Balaban J connectivity index is 2.52. The lowest BCUT2D eigenvalue weighted by Crippen LogP contribution is -2.14. The molecule has 0 atom stereocenters. The molecule has 0 aliphatic heterocycles. The Kier molecular flexibility index (Phi) is 3.14. The van der Waals surface area contributed by atoms with E-state index in [0.29, 0.717) is 16.7 Å². The number of halogens is 1. The van der Waals surface area contributed by atoms with Gasteiger partial charge in [-0.05, 0) is 17.7 Å². The van der Waals surface area contributed by atoms with Crippen LogP contribution in [0.2, 0.25) is 0 Å². The molecule has 0 bridgehead atoms. The number of carbonyl (C=O) groups excluding carboxylic acids is 1. The van der Waals surface area contributed by atoms with Crippen LogP contribution in [0.25, 0.3) is 11.1 Å². The molecule has 0 spiro atoms. The molecule has 2 aromatic rings. The predicted molar refractivity (Wildman–Crippen MR) is 62.5 cm³/mol. The third-order valence-electron chi connectivity index (χ3n) is 2.44. The van der Waals surface area contributed by atoms with Gasteiger partial charge in [-0.25, -0.2) is 4.39 Å². The lowest BCUT2D eigenvalue weighted by atomic mass is 9.99. The number of carbonyl (C=O) groups is 1. The van der Waals surface area contributed by atoms with Crippen molar-refractivity contribution in [1.29, 1.82) is 0 Å². The number of hydrogen-bond donors (Lipinski definition) is 1. The molecule has 3 nitrogen and oxygen atoms in total. The molecule has 2 rings (SSSR count). The first-order valence-corrected chi connectivity index (χ1v) is 5.14. The van der Waals surface area contributed by atoms with Gasteiger partial charge in [0.05, 0.1) is 6.42 Å². The fraction of sp³-hybridized carbons (Fsp3) is 0.0769. The fourth-order valence-electron chi connectivity index (χ4n) is 1.69. The van der Waals surface area contributed by atoms with Crippen LogP contribution in [0.5, 0.6) is 0 Å². The summed E-state index contributed by atoms with van der Waals surface area (Å²) in [6.07, 6.45) is 3.17. The number of hydrogen-bond acceptors (Lipinski definition) is 2. The van der Waals surface area contributed by atoms with Gasteiger partial charge in [-0.3, -0.25) is 9.78 Å². The van der Waals surface area contributed by atoms with Crippen LogP contribution >= 0.6 is 0 Å². The standard InChI is InChI=1S/C13H11FN2O/c14-12-4-2-1-3-10(12)11-8-16-6-5-9(11)7-13(15)17/h1-6,8H,7H2,(H2,15,17). The van der Waals surface area contributed by atoms with E-state index in [0.717, 1.165) is 0 Å². The molecule has 1 aromatic heterocycles. The average Bonchev–Trinajstić information content (AvgIpc) is 2.30. The Morgan fingerprint density at radius 2 is 2.00 bits per heavy atom. The van der Waals surface area contributed by atoms with Crippen molar-refractivity contribution >= 4 is 5.91 Å². The highest BCUT2D eigenvalue weighted by atomic mass is 19.1. The third-order valence-corrected chi connectivity index (χ3v) is 2.44. The van der Waals surface area contributed by atoms with Gasteiger partial charge in [-0.2, -0.15) is 0 Å². The zero-order valence-electron chi connectivity index (χ0n) is 9.06. The van der Waals surface area contributed by atoms with E-state index in [2.05, 4.69) is 4.98 Å². The summed E-state index contributed by atoms with van der Waals surface area (Å²) in [6, 6.07) is 8.04. The van der Waals surface area contributed by atoms with Gasteiger partial charge in [0.25, 0.3) is 0 Å². The van der Waals surface area contributed by atoms with E-state index in [-0.39, 0.29) is 12.2 Å². The van der Waals surface area contributed by atoms with Crippen LogP contribution in [-0.4, -0.2) is 10.9 Å². The van der Waals surface area contributed by atoms with Crippen molar-refractivity contribution in [3.05, 3.63) is 54.1 Å². The third kappa shape index (κ3) is 2.47. The van der Waals surface area contributed by atoms with Crippen LogP contribution in [0.15, 0.2) is 42.7 Å². The predicted octanol–water partition coefficient (Wildman–Crippen LogP) is 1.92. The maximum Gasteiger partial charge on any atom is 0.221 e. The summed E-state index contributed by atoms with van der Waals surface area (Å²) in [5.74, 6) is -0.792. The monoisotopic (exact) mass is 230 g/mol. The van der Waals surface area contributed by atoms with Crippen molar-refractivity contribution in [1.82, 2.24) is 4.98 Å². The van der Waals surface area contributed by atoms with Crippen molar-refractivity contribution < 1.29 is 9.18 Å². The first-order chi connectivity index (χ1) is 8.18. The van der Waals surface area contributed by atoms with Gasteiger partial charge in [0.15, 0.2) is 0 Å². The van der Waals surface area contributed by atoms with Gasteiger partial charge < -0.3 is 5.73 Å². The molecule has 4 heteroatoms. The summed E-state index contributed by atoms with van der Waals surface area (Å²) < 4.78 is 13.6. The van der Waals surface area contributed by atoms with E-state index in [9.17, 15) is 9.18 Å². The van der Waals surface area contributed by atoms with Crippen molar-refractivity contribution in [2.24, 2.45) is 5.73 Å². The summed E-state index contributed by atoms with van der Waals surface area (Å²) in [5.41, 5.74) is 6.86. The molecule has 1 amide bonds. The second kappa shape index (κ2) is 4.74. The van der Waals surface area contributed by atoms with Gasteiger partial charge in [0.2, 0.25) is 5.91 Å². The largest absolute Gasteiger partial charge is 0.369 e. The van der Waals surface area contributed by atoms with E-state index in [4.69, 9.17) is 5.73 Å². The van der Waals surface area contributed by atoms with Crippen LogP contribution in [0.3, 0.4) is 0 Å². The normalized spacial score (nSPS) is 10.2. The number of benzene rings is 1. The highest BCUT2D eigenvalue weighted by Gasteiger charge is 2.10. The topological polar surface area (TPSA) is 56.0 Å². The number of aromatic nitrogens is 1. The molecule has 0 fully saturated rings. The molecule has 0 saturated carbocycles. The van der Waals surface area contributed by atoms with Gasteiger partial charge in [0.1, 0.15) is 5.82 Å². The first kappa shape index (κ1) is 11.3. The summed E-state index contributed by atoms with van der Waals surface area (Å²) in [5, 5.41) is 0. The van der Waals surface area contributed by atoms with Gasteiger partial charge >= 0.3 is 0 Å². The van der Waals surface area contributed by atoms with Crippen LogP contribution in [-0.2, 0) is 11.2 Å². The highest BCUT2D eigenvalue weighted by molar-refractivity contribution is 5.80. The number of amides is 1.